The van der Waals surface area contributed by atoms with Gasteiger partial charge in [-0.15, -0.1) is 12.4 Å². The van der Waals surface area contributed by atoms with E-state index in [0.717, 1.165) is 49.2 Å². The molecule has 154 valence electrons. The molecule has 2 aromatic carbocycles. The van der Waals surface area contributed by atoms with Crippen molar-refractivity contribution in [1.82, 2.24) is 0 Å². The molecule has 0 aromatic heterocycles. The Hall–Kier alpha value is -1.91. The number of para-hydroxylation sites is 1. The van der Waals surface area contributed by atoms with Crippen LogP contribution in [0.1, 0.15) is 36.8 Å². The molecule has 0 radical (unpaired) electrons. The summed E-state index contributed by atoms with van der Waals surface area (Å²) in [5, 5.41) is 11.9. The summed E-state index contributed by atoms with van der Waals surface area (Å²) < 4.78 is 11.0. The number of hydrogen-bond acceptors (Lipinski definition) is 4. The fraction of sp³-hybridized carbons (Fsp3) is 0.478. The van der Waals surface area contributed by atoms with Crippen molar-refractivity contribution in [2.75, 3.05) is 33.2 Å². The topological polar surface area (TPSA) is 41.9 Å². The van der Waals surface area contributed by atoms with Crippen molar-refractivity contribution in [1.29, 1.82) is 0 Å². The first-order chi connectivity index (χ1) is 13.0. The minimum atomic E-state index is -0.919. The van der Waals surface area contributed by atoms with Gasteiger partial charge in [0.15, 0.2) is 0 Å². The van der Waals surface area contributed by atoms with Crippen LogP contribution in [0.25, 0.3) is 0 Å². The van der Waals surface area contributed by atoms with Gasteiger partial charge in [0.1, 0.15) is 11.5 Å². The zero-order valence-corrected chi connectivity index (χ0v) is 18.1. The molecule has 3 rings (SSSR count). The maximum Gasteiger partial charge on any atom is 0.125 e. The Kier molecular flexibility index (Phi) is 7.62. The second-order valence-electron chi connectivity index (χ2n) is 7.66. The minimum Gasteiger partial charge on any atom is -0.497 e. The minimum absolute atomic E-state index is 0. The summed E-state index contributed by atoms with van der Waals surface area (Å²) in [6.07, 6.45) is 4.74. The van der Waals surface area contributed by atoms with Gasteiger partial charge in [-0.05, 0) is 55.0 Å². The summed E-state index contributed by atoms with van der Waals surface area (Å²) >= 11 is 0. The van der Waals surface area contributed by atoms with Crippen molar-refractivity contribution in [2.45, 2.75) is 37.7 Å². The van der Waals surface area contributed by atoms with Crippen LogP contribution in [0.3, 0.4) is 0 Å². The summed E-state index contributed by atoms with van der Waals surface area (Å²) in [6.45, 7) is 0. The molecule has 28 heavy (non-hydrogen) atoms. The van der Waals surface area contributed by atoms with Crippen molar-refractivity contribution < 1.29 is 14.6 Å². The molecule has 0 aliphatic heterocycles. The lowest BCUT2D eigenvalue weighted by molar-refractivity contribution is -0.0558. The van der Waals surface area contributed by atoms with Gasteiger partial charge in [-0.25, -0.2) is 0 Å². The van der Waals surface area contributed by atoms with E-state index < -0.39 is 5.60 Å². The van der Waals surface area contributed by atoms with Crippen LogP contribution < -0.4 is 14.4 Å². The second kappa shape index (κ2) is 9.53. The maximum absolute atomic E-state index is 11.9. The summed E-state index contributed by atoms with van der Waals surface area (Å²) in [6, 6.07) is 14.2. The first-order valence-electron chi connectivity index (χ1n) is 9.69. The molecule has 2 atom stereocenters. The number of rotatable bonds is 6. The van der Waals surface area contributed by atoms with E-state index >= 15 is 0 Å². The normalized spacial score (nSPS) is 21.5. The summed E-state index contributed by atoms with van der Waals surface area (Å²) in [5.74, 6) is 1.61. The lowest BCUT2D eigenvalue weighted by Gasteiger charge is -2.41. The van der Waals surface area contributed by atoms with Crippen molar-refractivity contribution in [3.05, 3.63) is 53.6 Å². The SMILES string of the molecule is COc1ccc(OC)c(C2(O)CCCCC2Cc2ccccc2N(C)C)c1.Cl. The third-order valence-electron chi connectivity index (χ3n) is 5.85. The molecule has 4 nitrogen and oxygen atoms in total. The van der Waals surface area contributed by atoms with E-state index in [0.29, 0.717) is 0 Å². The van der Waals surface area contributed by atoms with E-state index in [4.69, 9.17) is 9.47 Å². The first kappa shape index (κ1) is 22.4. The van der Waals surface area contributed by atoms with Gasteiger partial charge in [0, 0.05) is 25.3 Å². The number of benzene rings is 2. The van der Waals surface area contributed by atoms with Crippen LogP contribution in [0.5, 0.6) is 11.5 Å². The average molecular weight is 406 g/mol. The molecule has 2 aromatic rings. The van der Waals surface area contributed by atoms with E-state index in [2.05, 4.69) is 43.3 Å². The van der Waals surface area contributed by atoms with Gasteiger partial charge < -0.3 is 19.5 Å². The van der Waals surface area contributed by atoms with Crippen LogP contribution in [0.15, 0.2) is 42.5 Å². The lowest BCUT2D eigenvalue weighted by atomic mass is 9.69. The fourth-order valence-electron chi connectivity index (χ4n) is 4.39. The Morgan fingerprint density at radius 3 is 2.50 bits per heavy atom. The molecule has 2 unspecified atom stereocenters. The average Bonchev–Trinajstić information content (AvgIpc) is 2.69. The van der Waals surface area contributed by atoms with E-state index in [9.17, 15) is 5.11 Å². The van der Waals surface area contributed by atoms with Gasteiger partial charge in [0.2, 0.25) is 0 Å². The number of nitrogens with zero attached hydrogens (tertiary/aromatic N) is 1. The van der Waals surface area contributed by atoms with Crippen molar-refractivity contribution in [2.24, 2.45) is 5.92 Å². The maximum atomic E-state index is 11.9. The largest absolute Gasteiger partial charge is 0.497 e. The lowest BCUT2D eigenvalue weighted by Crippen LogP contribution is -2.39. The predicted molar refractivity (Wildman–Crippen MR) is 117 cm³/mol. The Morgan fingerprint density at radius 2 is 1.82 bits per heavy atom. The number of anilines is 1. The third kappa shape index (κ3) is 4.39. The van der Waals surface area contributed by atoms with E-state index in [1.165, 1.54) is 11.3 Å². The van der Waals surface area contributed by atoms with E-state index in [1.807, 2.05) is 18.2 Å². The Morgan fingerprint density at radius 1 is 1.07 bits per heavy atom. The van der Waals surface area contributed by atoms with Gasteiger partial charge in [0.05, 0.1) is 19.8 Å². The van der Waals surface area contributed by atoms with Crippen LogP contribution in [0, 0.1) is 5.92 Å². The quantitative estimate of drug-likeness (QED) is 0.748. The summed E-state index contributed by atoms with van der Waals surface area (Å²) in [4.78, 5) is 2.14. The molecule has 5 heteroatoms. The molecule has 1 aliphatic carbocycles. The second-order valence-corrected chi connectivity index (χ2v) is 7.66. The van der Waals surface area contributed by atoms with Crippen molar-refractivity contribution >= 4 is 18.1 Å². The van der Waals surface area contributed by atoms with Crippen LogP contribution in [-0.2, 0) is 12.0 Å². The smallest absolute Gasteiger partial charge is 0.125 e. The monoisotopic (exact) mass is 405 g/mol. The molecule has 1 N–H and O–H groups in total. The predicted octanol–water partition coefficient (Wildman–Crippen LogP) is 4.81. The highest BCUT2D eigenvalue weighted by Crippen LogP contribution is 2.47. The molecule has 1 fully saturated rings. The number of ether oxygens (including phenoxy) is 2. The third-order valence-corrected chi connectivity index (χ3v) is 5.85. The zero-order chi connectivity index (χ0) is 19.4. The van der Waals surface area contributed by atoms with Gasteiger partial charge in [0.25, 0.3) is 0 Å². The standard InChI is InChI=1S/C23H31NO3.ClH/c1-24(2)21-11-6-5-9-17(21)15-18-10-7-8-14-23(18,25)20-16-19(26-3)12-13-22(20)27-4;/h5-6,9,11-13,16,18,25H,7-8,10,14-15H2,1-4H3;1H. The van der Waals surface area contributed by atoms with Gasteiger partial charge in [-0.3, -0.25) is 0 Å². The molecule has 0 spiro atoms. The molecular weight excluding hydrogens is 374 g/mol. The summed E-state index contributed by atoms with van der Waals surface area (Å²) in [5.41, 5.74) is 2.41. The Bertz CT molecular complexity index is 780. The summed E-state index contributed by atoms with van der Waals surface area (Å²) in [7, 11) is 7.45. The molecule has 0 amide bonds. The Balaban J connectivity index is 0.00000280. The molecule has 0 saturated heterocycles. The molecule has 1 saturated carbocycles. The molecule has 0 bridgehead atoms. The van der Waals surface area contributed by atoms with Crippen molar-refractivity contribution in [3.63, 3.8) is 0 Å². The molecular formula is C23H32ClNO3. The molecule has 1 aliphatic rings. The fourth-order valence-corrected chi connectivity index (χ4v) is 4.39. The number of methoxy groups -OCH3 is 2. The highest BCUT2D eigenvalue weighted by molar-refractivity contribution is 5.85. The highest BCUT2D eigenvalue weighted by atomic mass is 35.5. The van der Waals surface area contributed by atoms with Crippen LogP contribution in [0.4, 0.5) is 5.69 Å². The zero-order valence-electron chi connectivity index (χ0n) is 17.3. The molecule has 0 heterocycles. The number of hydrogen-bond donors (Lipinski definition) is 1. The Labute approximate surface area is 174 Å². The van der Waals surface area contributed by atoms with Gasteiger partial charge in [-0.2, -0.15) is 0 Å². The van der Waals surface area contributed by atoms with E-state index in [-0.39, 0.29) is 18.3 Å². The highest BCUT2D eigenvalue weighted by Gasteiger charge is 2.42. The van der Waals surface area contributed by atoms with Gasteiger partial charge in [-0.1, -0.05) is 31.0 Å². The van der Waals surface area contributed by atoms with E-state index in [1.54, 1.807) is 14.2 Å². The van der Waals surface area contributed by atoms with Crippen LogP contribution in [0.2, 0.25) is 0 Å². The number of aliphatic hydroxyl groups is 1. The van der Waals surface area contributed by atoms with Crippen LogP contribution in [-0.4, -0.2) is 33.4 Å². The number of halogens is 1. The van der Waals surface area contributed by atoms with Crippen molar-refractivity contribution in [3.8, 4) is 11.5 Å². The van der Waals surface area contributed by atoms with Crippen LogP contribution >= 0.6 is 12.4 Å². The van der Waals surface area contributed by atoms with Gasteiger partial charge >= 0.3 is 0 Å². The first-order valence-corrected chi connectivity index (χ1v) is 9.69.